The van der Waals surface area contributed by atoms with Crippen LogP contribution in [-0.4, -0.2) is 35.5 Å². The number of benzene rings is 1. The summed E-state index contributed by atoms with van der Waals surface area (Å²) in [6, 6.07) is 6.27. The predicted octanol–water partition coefficient (Wildman–Crippen LogP) is 3.21. The molecule has 0 bridgehead atoms. The van der Waals surface area contributed by atoms with Crippen LogP contribution < -0.4 is 10.2 Å². The van der Waals surface area contributed by atoms with Gasteiger partial charge in [-0.1, -0.05) is 26.0 Å². The number of anilines is 1. The van der Waals surface area contributed by atoms with Gasteiger partial charge in [0.05, 0.1) is 5.56 Å². The lowest BCUT2D eigenvalue weighted by Crippen LogP contribution is -2.28. The molecule has 0 atom stereocenters. The summed E-state index contributed by atoms with van der Waals surface area (Å²) in [6.07, 6.45) is 5.82. The molecule has 0 aliphatic carbocycles. The van der Waals surface area contributed by atoms with Crippen LogP contribution in [0.1, 0.15) is 42.6 Å². The maximum absolute atomic E-state index is 12.9. The molecule has 25 heavy (non-hydrogen) atoms. The summed E-state index contributed by atoms with van der Waals surface area (Å²) in [6.45, 7) is 6.51. The Hall–Kier alpha value is -2.50. The molecule has 5 nitrogen and oxygen atoms in total. The van der Waals surface area contributed by atoms with Crippen molar-refractivity contribution in [1.29, 1.82) is 0 Å². The quantitative estimate of drug-likeness (QED) is 0.759. The van der Waals surface area contributed by atoms with Gasteiger partial charge in [0, 0.05) is 32.0 Å². The van der Waals surface area contributed by atoms with E-state index < -0.39 is 0 Å². The molecule has 1 amide bonds. The van der Waals surface area contributed by atoms with Crippen LogP contribution in [0.25, 0.3) is 0 Å². The van der Waals surface area contributed by atoms with Crippen LogP contribution >= 0.6 is 0 Å². The van der Waals surface area contributed by atoms with Gasteiger partial charge in [-0.05, 0) is 37.0 Å². The predicted molar refractivity (Wildman–Crippen MR) is 97.3 cm³/mol. The van der Waals surface area contributed by atoms with Gasteiger partial charge < -0.3 is 10.2 Å². The van der Waals surface area contributed by atoms with Crippen molar-refractivity contribution < 1.29 is 9.18 Å². The van der Waals surface area contributed by atoms with Gasteiger partial charge in [0.2, 0.25) is 5.95 Å². The molecule has 134 valence electrons. The topological polar surface area (TPSA) is 58.1 Å². The Morgan fingerprint density at radius 2 is 1.68 bits per heavy atom. The molecule has 0 unspecified atom stereocenters. The largest absolute Gasteiger partial charge is 0.352 e. The normalized spacial score (nSPS) is 10.5. The number of nitrogens with one attached hydrogen (secondary N) is 1. The van der Waals surface area contributed by atoms with E-state index in [-0.39, 0.29) is 11.7 Å². The summed E-state index contributed by atoms with van der Waals surface area (Å²) in [4.78, 5) is 22.9. The molecule has 6 heteroatoms. The summed E-state index contributed by atoms with van der Waals surface area (Å²) in [5.41, 5.74) is 1.42. The Labute approximate surface area is 148 Å². The van der Waals surface area contributed by atoms with Crippen molar-refractivity contribution in [1.82, 2.24) is 15.3 Å². The Balaban J connectivity index is 1.87. The van der Waals surface area contributed by atoms with Gasteiger partial charge in [0.15, 0.2) is 0 Å². The Bertz CT molecular complexity index is 652. The molecule has 0 fully saturated rings. The zero-order valence-electron chi connectivity index (χ0n) is 14.8. The standard InChI is InChI=1S/C19H25FN4O/c1-3-11-24(12-4-2)19-22-13-16(14-23-19)18(25)21-10-9-15-5-7-17(20)8-6-15/h5-8,13-14H,3-4,9-12H2,1-2H3,(H,21,25). The Kier molecular flexibility index (Phi) is 7.32. The van der Waals surface area contributed by atoms with Crippen LogP contribution in [0.2, 0.25) is 0 Å². The lowest BCUT2D eigenvalue weighted by Gasteiger charge is -2.21. The molecular formula is C19H25FN4O. The van der Waals surface area contributed by atoms with Crippen LogP contribution in [0.5, 0.6) is 0 Å². The Morgan fingerprint density at radius 1 is 1.08 bits per heavy atom. The van der Waals surface area contributed by atoms with E-state index in [0.29, 0.717) is 24.5 Å². The lowest BCUT2D eigenvalue weighted by atomic mass is 10.1. The summed E-state index contributed by atoms with van der Waals surface area (Å²) >= 11 is 0. The molecule has 0 spiro atoms. The molecule has 0 saturated carbocycles. The molecule has 0 aliphatic rings. The first-order chi connectivity index (χ1) is 12.1. The minimum Gasteiger partial charge on any atom is -0.352 e. The van der Waals surface area contributed by atoms with Crippen molar-refractivity contribution in [2.45, 2.75) is 33.1 Å². The number of carbonyl (C=O) groups excluding carboxylic acids is 1. The minimum absolute atomic E-state index is 0.203. The molecule has 1 aromatic carbocycles. The van der Waals surface area contributed by atoms with Gasteiger partial charge in [0.1, 0.15) is 5.82 Å². The van der Waals surface area contributed by atoms with Gasteiger partial charge >= 0.3 is 0 Å². The van der Waals surface area contributed by atoms with E-state index in [9.17, 15) is 9.18 Å². The highest BCUT2D eigenvalue weighted by Gasteiger charge is 2.10. The highest BCUT2D eigenvalue weighted by atomic mass is 19.1. The van der Waals surface area contributed by atoms with E-state index in [1.807, 2.05) is 0 Å². The van der Waals surface area contributed by atoms with E-state index >= 15 is 0 Å². The first kappa shape index (κ1) is 18.8. The second-order valence-electron chi connectivity index (χ2n) is 5.89. The third-order valence-corrected chi connectivity index (χ3v) is 3.78. The first-order valence-electron chi connectivity index (χ1n) is 8.73. The molecule has 1 aromatic heterocycles. The van der Waals surface area contributed by atoms with Gasteiger partial charge in [0.25, 0.3) is 5.91 Å². The smallest absolute Gasteiger partial charge is 0.254 e. The summed E-state index contributed by atoms with van der Waals surface area (Å²) < 4.78 is 12.9. The van der Waals surface area contributed by atoms with Crippen molar-refractivity contribution in [3.8, 4) is 0 Å². The third-order valence-electron chi connectivity index (χ3n) is 3.78. The maximum atomic E-state index is 12.9. The number of nitrogens with zero attached hydrogens (tertiary/aromatic N) is 3. The summed E-state index contributed by atoms with van der Waals surface area (Å²) in [5, 5.41) is 2.83. The van der Waals surface area contributed by atoms with Crippen LogP contribution in [0.3, 0.4) is 0 Å². The van der Waals surface area contributed by atoms with Gasteiger partial charge in [-0.25, -0.2) is 14.4 Å². The molecular weight excluding hydrogens is 319 g/mol. The van der Waals surface area contributed by atoms with Crippen LogP contribution in [0.15, 0.2) is 36.7 Å². The van der Waals surface area contributed by atoms with Crippen molar-refractivity contribution >= 4 is 11.9 Å². The maximum Gasteiger partial charge on any atom is 0.254 e. The first-order valence-corrected chi connectivity index (χ1v) is 8.73. The second-order valence-corrected chi connectivity index (χ2v) is 5.89. The minimum atomic E-state index is -0.259. The summed E-state index contributed by atoms with van der Waals surface area (Å²) in [7, 11) is 0. The number of amides is 1. The zero-order chi connectivity index (χ0) is 18.1. The van der Waals surface area contributed by atoms with Crippen LogP contribution in [0, 0.1) is 5.82 Å². The lowest BCUT2D eigenvalue weighted by molar-refractivity contribution is 0.0953. The number of hydrogen-bond donors (Lipinski definition) is 1. The molecule has 1 heterocycles. The average molecular weight is 344 g/mol. The average Bonchev–Trinajstić information content (AvgIpc) is 2.63. The number of hydrogen-bond acceptors (Lipinski definition) is 4. The van der Waals surface area contributed by atoms with Gasteiger partial charge in [-0.3, -0.25) is 4.79 Å². The molecule has 0 saturated heterocycles. The number of halogens is 1. The van der Waals surface area contributed by atoms with Crippen LogP contribution in [0.4, 0.5) is 10.3 Å². The van der Waals surface area contributed by atoms with E-state index in [1.54, 1.807) is 24.5 Å². The van der Waals surface area contributed by atoms with Gasteiger partial charge in [-0.2, -0.15) is 0 Å². The van der Waals surface area contributed by atoms with E-state index in [1.165, 1.54) is 12.1 Å². The fourth-order valence-electron chi connectivity index (χ4n) is 2.53. The number of carbonyl (C=O) groups is 1. The van der Waals surface area contributed by atoms with Gasteiger partial charge in [-0.15, -0.1) is 0 Å². The van der Waals surface area contributed by atoms with E-state index in [0.717, 1.165) is 31.5 Å². The van der Waals surface area contributed by atoms with Crippen molar-refractivity contribution in [3.63, 3.8) is 0 Å². The SMILES string of the molecule is CCCN(CCC)c1ncc(C(=O)NCCc2ccc(F)cc2)cn1. The zero-order valence-corrected chi connectivity index (χ0v) is 14.8. The summed E-state index contributed by atoms with van der Waals surface area (Å²) in [5.74, 6) is 0.197. The Morgan fingerprint density at radius 3 is 2.24 bits per heavy atom. The van der Waals surface area contributed by atoms with E-state index in [4.69, 9.17) is 0 Å². The molecule has 1 N–H and O–H groups in total. The highest BCUT2D eigenvalue weighted by Crippen LogP contribution is 2.09. The number of aromatic nitrogens is 2. The molecule has 2 rings (SSSR count). The van der Waals surface area contributed by atoms with E-state index in [2.05, 4.69) is 34.0 Å². The monoisotopic (exact) mass is 344 g/mol. The fourth-order valence-corrected chi connectivity index (χ4v) is 2.53. The number of rotatable bonds is 9. The fraction of sp³-hybridized carbons (Fsp3) is 0.421. The van der Waals surface area contributed by atoms with Crippen molar-refractivity contribution in [3.05, 3.63) is 53.6 Å². The van der Waals surface area contributed by atoms with Crippen molar-refractivity contribution in [2.75, 3.05) is 24.5 Å². The second kappa shape index (κ2) is 9.71. The third kappa shape index (κ3) is 5.81. The van der Waals surface area contributed by atoms with Crippen molar-refractivity contribution in [2.24, 2.45) is 0 Å². The molecule has 0 radical (unpaired) electrons. The molecule has 2 aromatic rings. The highest BCUT2D eigenvalue weighted by molar-refractivity contribution is 5.93. The molecule has 0 aliphatic heterocycles. The van der Waals surface area contributed by atoms with Crippen LogP contribution in [-0.2, 0) is 6.42 Å².